The summed E-state index contributed by atoms with van der Waals surface area (Å²) in [6, 6.07) is 7.50. The van der Waals surface area contributed by atoms with Gasteiger partial charge >= 0.3 is 0 Å². The van der Waals surface area contributed by atoms with Crippen LogP contribution in [0, 0.1) is 12.8 Å². The fourth-order valence-corrected chi connectivity index (χ4v) is 5.18. The number of Topliss-reactive ketones (excluding diaryl/α,β-unsaturated/α-hetero) is 1. The Labute approximate surface area is 206 Å². The molecule has 1 aliphatic carbocycles. The van der Waals surface area contributed by atoms with Crippen molar-refractivity contribution in [2.45, 2.75) is 45.4 Å². The maximum Gasteiger partial charge on any atom is 0.231 e. The fraction of sp³-hybridized carbons (Fsp3) is 0.429. The van der Waals surface area contributed by atoms with Crippen molar-refractivity contribution in [3.63, 3.8) is 0 Å². The lowest BCUT2D eigenvalue weighted by Gasteiger charge is -2.22. The summed E-state index contributed by atoms with van der Waals surface area (Å²) >= 11 is 0. The van der Waals surface area contributed by atoms with E-state index in [4.69, 9.17) is 14.2 Å². The Morgan fingerprint density at radius 1 is 1.11 bits per heavy atom. The van der Waals surface area contributed by atoms with Crippen LogP contribution in [0.15, 0.2) is 30.0 Å². The number of hydrogen-bond acceptors (Lipinski definition) is 6. The Hall–Kier alpha value is -3.48. The molecule has 2 aromatic carbocycles. The third-order valence-corrected chi connectivity index (χ3v) is 7.32. The summed E-state index contributed by atoms with van der Waals surface area (Å²) in [4.78, 5) is 28.6. The van der Waals surface area contributed by atoms with E-state index in [1.807, 2.05) is 43.1 Å². The van der Waals surface area contributed by atoms with E-state index >= 15 is 0 Å². The molecule has 0 spiro atoms. The van der Waals surface area contributed by atoms with Gasteiger partial charge in [-0.05, 0) is 55.5 Å². The number of aryl methyl sites for hydroxylation is 1. The van der Waals surface area contributed by atoms with Crippen LogP contribution in [0.5, 0.6) is 17.2 Å². The van der Waals surface area contributed by atoms with E-state index in [-0.39, 0.29) is 24.4 Å². The van der Waals surface area contributed by atoms with E-state index in [0.717, 1.165) is 48.8 Å². The standard InChI is InChI=1S/C28H32N2O5/c1-17-9-10-20(13-22(17)29-28(32)18-7-5-4-6-8-18)25(31)23-15-21-19(11-12-30(23)2)14-24-27(26(21)33-3)35-16-34-24/h9-10,13-15,18H,4-8,11-12,16H2,1-3H3,(H,29,32). The summed E-state index contributed by atoms with van der Waals surface area (Å²) in [7, 11) is 3.52. The highest BCUT2D eigenvalue weighted by Gasteiger charge is 2.29. The molecule has 0 aromatic heterocycles. The SMILES string of the molecule is COc1c2c(cc3c1OCO3)CCN(C)C(C(=O)c1ccc(C)c(NC(=O)C3CCCCC3)c1)=C2. The number of amides is 1. The number of ketones is 1. The average Bonchev–Trinajstić information content (AvgIpc) is 3.28. The molecular formula is C28H32N2O5. The Morgan fingerprint density at radius 2 is 1.91 bits per heavy atom. The van der Waals surface area contributed by atoms with E-state index in [1.165, 1.54) is 6.42 Å². The van der Waals surface area contributed by atoms with E-state index in [9.17, 15) is 9.59 Å². The summed E-state index contributed by atoms with van der Waals surface area (Å²) in [6.45, 7) is 2.78. The van der Waals surface area contributed by atoms with Crippen molar-refractivity contribution in [1.29, 1.82) is 0 Å². The molecule has 1 N–H and O–H groups in total. The van der Waals surface area contributed by atoms with Crippen molar-refractivity contribution in [3.8, 4) is 17.2 Å². The molecule has 2 aliphatic heterocycles. The maximum absolute atomic E-state index is 13.7. The lowest BCUT2D eigenvalue weighted by atomic mass is 9.88. The predicted molar refractivity (Wildman–Crippen MR) is 134 cm³/mol. The van der Waals surface area contributed by atoms with Crippen LogP contribution in [0.4, 0.5) is 5.69 Å². The number of carbonyl (C=O) groups is 2. The Morgan fingerprint density at radius 3 is 2.69 bits per heavy atom. The molecule has 1 fully saturated rings. The summed E-state index contributed by atoms with van der Waals surface area (Å²) in [5, 5.41) is 3.09. The molecule has 0 saturated heterocycles. The first-order valence-electron chi connectivity index (χ1n) is 12.3. The second-order valence-electron chi connectivity index (χ2n) is 9.60. The third kappa shape index (κ3) is 4.47. The molecule has 35 heavy (non-hydrogen) atoms. The molecule has 184 valence electrons. The van der Waals surface area contributed by atoms with Crippen molar-refractivity contribution in [3.05, 3.63) is 52.2 Å². The number of rotatable bonds is 5. The van der Waals surface area contributed by atoms with Gasteiger partial charge in [-0.25, -0.2) is 0 Å². The molecular weight excluding hydrogens is 444 g/mol. The van der Waals surface area contributed by atoms with Crippen LogP contribution in [0.3, 0.4) is 0 Å². The van der Waals surface area contributed by atoms with Gasteiger partial charge in [0.05, 0.1) is 12.8 Å². The van der Waals surface area contributed by atoms with Gasteiger partial charge in [0.2, 0.25) is 24.2 Å². The monoisotopic (exact) mass is 476 g/mol. The molecule has 1 amide bonds. The zero-order valence-electron chi connectivity index (χ0n) is 20.6. The lowest BCUT2D eigenvalue weighted by molar-refractivity contribution is -0.120. The Kier molecular flexibility index (Phi) is 6.41. The first-order valence-corrected chi connectivity index (χ1v) is 12.3. The van der Waals surface area contributed by atoms with Gasteiger partial charge in [-0.15, -0.1) is 0 Å². The molecule has 0 unspecified atom stereocenters. The summed E-state index contributed by atoms with van der Waals surface area (Å²) < 4.78 is 16.9. The fourth-order valence-electron chi connectivity index (χ4n) is 5.18. The van der Waals surface area contributed by atoms with E-state index in [0.29, 0.717) is 40.7 Å². The normalized spacial score (nSPS) is 17.3. The van der Waals surface area contributed by atoms with E-state index < -0.39 is 0 Å². The van der Waals surface area contributed by atoms with Crippen molar-refractivity contribution < 1.29 is 23.8 Å². The van der Waals surface area contributed by atoms with Gasteiger partial charge in [-0.1, -0.05) is 31.4 Å². The van der Waals surface area contributed by atoms with Gasteiger partial charge < -0.3 is 24.4 Å². The van der Waals surface area contributed by atoms with Crippen LogP contribution in [-0.4, -0.2) is 44.1 Å². The quantitative estimate of drug-likeness (QED) is 0.615. The third-order valence-electron chi connectivity index (χ3n) is 7.32. The van der Waals surface area contributed by atoms with Crippen LogP contribution in [-0.2, 0) is 11.2 Å². The van der Waals surface area contributed by atoms with Crippen LogP contribution < -0.4 is 19.5 Å². The maximum atomic E-state index is 13.7. The number of fused-ring (bicyclic) bond motifs is 2. The number of ether oxygens (including phenoxy) is 3. The van der Waals surface area contributed by atoms with Crippen molar-refractivity contribution >= 4 is 23.5 Å². The summed E-state index contributed by atoms with van der Waals surface area (Å²) in [5.74, 6) is 1.83. The second-order valence-corrected chi connectivity index (χ2v) is 9.60. The minimum absolute atomic E-state index is 0.0510. The smallest absolute Gasteiger partial charge is 0.231 e. The highest BCUT2D eigenvalue weighted by atomic mass is 16.7. The van der Waals surface area contributed by atoms with Crippen molar-refractivity contribution in [1.82, 2.24) is 4.90 Å². The Balaban J connectivity index is 1.47. The van der Waals surface area contributed by atoms with Gasteiger partial charge in [-0.3, -0.25) is 9.59 Å². The number of carbonyl (C=O) groups excluding carboxylic acids is 2. The van der Waals surface area contributed by atoms with Gasteiger partial charge in [0.15, 0.2) is 11.5 Å². The largest absolute Gasteiger partial charge is 0.492 e. The van der Waals surface area contributed by atoms with E-state index in [1.54, 1.807) is 13.2 Å². The van der Waals surface area contributed by atoms with Crippen LogP contribution in [0.2, 0.25) is 0 Å². The molecule has 7 heteroatoms. The topological polar surface area (TPSA) is 77.1 Å². The first-order chi connectivity index (χ1) is 17.0. The number of benzene rings is 2. The number of methoxy groups -OCH3 is 1. The predicted octanol–water partition coefficient (Wildman–Crippen LogP) is 4.96. The van der Waals surface area contributed by atoms with Gasteiger partial charge in [0, 0.05) is 36.3 Å². The molecule has 0 radical (unpaired) electrons. The van der Waals surface area contributed by atoms with Gasteiger partial charge in [-0.2, -0.15) is 0 Å². The first kappa shape index (κ1) is 23.3. The molecule has 7 nitrogen and oxygen atoms in total. The molecule has 1 saturated carbocycles. The summed E-state index contributed by atoms with van der Waals surface area (Å²) in [5.41, 5.74) is 4.62. The molecule has 2 aromatic rings. The molecule has 0 bridgehead atoms. The number of allylic oxidation sites excluding steroid dienone is 1. The average molecular weight is 477 g/mol. The number of anilines is 1. The van der Waals surface area contributed by atoms with Crippen LogP contribution in [0.1, 0.15) is 59.2 Å². The van der Waals surface area contributed by atoms with Crippen LogP contribution in [0.25, 0.3) is 6.08 Å². The van der Waals surface area contributed by atoms with Gasteiger partial charge in [0.25, 0.3) is 0 Å². The van der Waals surface area contributed by atoms with Crippen LogP contribution >= 0.6 is 0 Å². The number of nitrogens with one attached hydrogen (secondary N) is 1. The van der Waals surface area contributed by atoms with Crippen molar-refractivity contribution in [2.75, 3.05) is 32.8 Å². The minimum atomic E-state index is -0.103. The number of nitrogens with zero attached hydrogens (tertiary/aromatic N) is 1. The van der Waals surface area contributed by atoms with E-state index in [2.05, 4.69) is 5.32 Å². The Bertz CT molecular complexity index is 1200. The molecule has 0 atom stereocenters. The number of hydrogen-bond donors (Lipinski definition) is 1. The molecule has 3 aliphatic rings. The lowest BCUT2D eigenvalue weighted by Crippen LogP contribution is -2.26. The zero-order chi connectivity index (χ0) is 24.5. The summed E-state index contributed by atoms with van der Waals surface area (Å²) in [6.07, 6.45) is 7.88. The highest BCUT2D eigenvalue weighted by molar-refractivity contribution is 6.12. The highest BCUT2D eigenvalue weighted by Crippen LogP contribution is 2.46. The molecule has 5 rings (SSSR count). The zero-order valence-corrected chi connectivity index (χ0v) is 20.6. The second kappa shape index (κ2) is 9.64. The van der Waals surface area contributed by atoms with Gasteiger partial charge in [0.1, 0.15) is 0 Å². The number of likely N-dealkylation sites (N-methyl/N-ethyl adjacent to an activating group) is 1. The van der Waals surface area contributed by atoms with Crippen molar-refractivity contribution in [2.24, 2.45) is 5.92 Å². The minimum Gasteiger partial charge on any atom is -0.492 e. The molecule has 2 heterocycles.